The van der Waals surface area contributed by atoms with Gasteiger partial charge in [-0.25, -0.2) is 4.98 Å². The highest BCUT2D eigenvalue weighted by atomic mass is 35.5. The number of pyridine rings is 1. The molecule has 0 aromatic carbocycles. The van der Waals surface area contributed by atoms with Crippen molar-refractivity contribution in [2.45, 2.75) is 39.1 Å². The third-order valence-corrected chi connectivity index (χ3v) is 4.04. The summed E-state index contributed by atoms with van der Waals surface area (Å²) in [5.41, 5.74) is 4.89. The van der Waals surface area contributed by atoms with E-state index in [-0.39, 0.29) is 28.8 Å². The Morgan fingerprint density at radius 3 is 2.41 bits per heavy atom. The molecule has 0 aliphatic rings. The lowest BCUT2D eigenvalue weighted by atomic mass is 9.87. The van der Waals surface area contributed by atoms with E-state index in [2.05, 4.69) is 10.3 Å². The normalized spacial score (nSPS) is 13.5. The summed E-state index contributed by atoms with van der Waals surface area (Å²) < 4.78 is 0. The summed E-state index contributed by atoms with van der Waals surface area (Å²) in [5.74, 6) is -1.63. The van der Waals surface area contributed by atoms with Crippen LogP contribution in [0.15, 0.2) is 12.3 Å². The Kier molecular flexibility index (Phi) is 5.65. The molecule has 0 aliphatic carbocycles. The van der Waals surface area contributed by atoms with Gasteiger partial charge in [-0.05, 0) is 31.4 Å². The fourth-order valence-corrected chi connectivity index (χ4v) is 1.96. The lowest BCUT2D eigenvalue weighted by molar-refractivity contribution is -0.125. The van der Waals surface area contributed by atoms with Crippen LogP contribution in [-0.4, -0.2) is 28.1 Å². The van der Waals surface area contributed by atoms with E-state index < -0.39 is 17.4 Å². The largest absolute Gasteiger partial charge is 0.368 e. The van der Waals surface area contributed by atoms with Crippen LogP contribution in [0.5, 0.6) is 0 Å². The van der Waals surface area contributed by atoms with Crippen LogP contribution < -0.4 is 11.1 Å². The van der Waals surface area contributed by atoms with Gasteiger partial charge in [0.25, 0.3) is 5.91 Å². The van der Waals surface area contributed by atoms with Gasteiger partial charge in [-0.3, -0.25) is 14.4 Å². The number of Topliss-reactive ketones (excluding diaryl/α,β-unsaturated/α-hetero) is 1. The second-order valence-electron chi connectivity index (χ2n) is 5.60. The van der Waals surface area contributed by atoms with E-state index >= 15 is 0 Å². The number of nitrogens with two attached hydrogens (primary N) is 1. The first kappa shape index (κ1) is 18.1. The number of hydrogen-bond donors (Lipinski definition) is 2. The number of amides is 2. The Bertz CT molecular complexity index is 616. The zero-order chi connectivity index (χ0) is 17.1. The molecule has 1 heterocycles. The maximum Gasteiger partial charge on any atom is 0.271 e. The number of primary amides is 1. The molecule has 1 aromatic heterocycles. The summed E-state index contributed by atoms with van der Waals surface area (Å²) in [4.78, 5) is 39.8. The highest BCUT2D eigenvalue weighted by molar-refractivity contribution is 6.17. The maximum absolute atomic E-state index is 12.4. The van der Waals surface area contributed by atoms with Crippen LogP contribution in [-0.2, 0) is 10.7 Å². The first-order valence-corrected chi connectivity index (χ1v) is 7.35. The summed E-state index contributed by atoms with van der Waals surface area (Å²) >= 11 is 5.71. The molecule has 0 radical (unpaired) electrons. The van der Waals surface area contributed by atoms with Crippen LogP contribution in [0.3, 0.4) is 0 Å². The van der Waals surface area contributed by atoms with Gasteiger partial charge >= 0.3 is 0 Å². The average molecular weight is 326 g/mol. The van der Waals surface area contributed by atoms with E-state index in [9.17, 15) is 14.4 Å². The van der Waals surface area contributed by atoms with Crippen LogP contribution in [0.2, 0.25) is 0 Å². The lowest BCUT2D eigenvalue weighted by Crippen LogP contribution is -2.58. The van der Waals surface area contributed by atoms with Gasteiger partial charge in [0, 0.05) is 17.6 Å². The minimum absolute atomic E-state index is 0.0468. The number of alkyl halides is 1. The van der Waals surface area contributed by atoms with Gasteiger partial charge in [0.1, 0.15) is 11.2 Å². The van der Waals surface area contributed by atoms with E-state index in [1.807, 2.05) is 0 Å². The molecule has 22 heavy (non-hydrogen) atoms. The third kappa shape index (κ3) is 3.62. The Hall–Kier alpha value is -1.95. The van der Waals surface area contributed by atoms with Gasteiger partial charge in [0.15, 0.2) is 5.78 Å². The number of carbonyl (C=O) groups is 3. The van der Waals surface area contributed by atoms with Crippen molar-refractivity contribution in [2.75, 3.05) is 0 Å². The van der Waals surface area contributed by atoms with Crippen molar-refractivity contribution in [3.63, 3.8) is 0 Å². The molecule has 0 bridgehead atoms. The molecule has 1 unspecified atom stereocenters. The van der Waals surface area contributed by atoms with E-state index in [1.165, 1.54) is 19.2 Å². The number of halogens is 1. The first-order valence-electron chi connectivity index (χ1n) is 6.81. The quantitative estimate of drug-likeness (QED) is 0.613. The lowest BCUT2D eigenvalue weighted by Gasteiger charge is -2.31. The highest BCUT2D eigenvalue weighted by Crippen LogP contribution is 2.18. The highest BCUT2D eigenvalue weighted by Gasteiger charge is 2.37. The van der Waals surface area contributed by atoms with Gasteiger partial charge in [-0.2, -0.15) is 0 Å². The monoisotopic (exact) mass is 325 g/mol. The van der Waals surface area contributed by atoms with Crippen LogP contribution in [0.4, 0.5) is 0 Å². The molecule has 7 heteroatoms. The maximum atomic E-state index is 12.4. The Balaban J connectivity index is 3.23. The predicted molar refractivity (Wildman–Crippen MR) is 83.7 cm³/mol. The minimum atomic E-state index is -1.24. The van der Waals surface area contributed by atoms with Gasteiger partial charge in [0.05, 0.1) is 0 Å². The molecule has 1 aromatic rings. The van der Waals surface area contributed by atoms with E-state index in [1.54, 1.807) is 20.8 Å². The second-order valence-corrected chi connectivity index (χ2v) is 5.87. The van der Waals surface area contributed by atoms with Crippen molar-refractivity contribution in [3.8, 4) is 0 Å². The Morgan fingerprint density at radius 1 is 1.41 bits per heavy atom. The zero-order valence-electron chi connectivity index (χ0n) is 13.1. The van der Waals surface area contributed by atoms with Crippen LogP contribution in [0, 0.1) is 5.92 Å². The summed E-state index contributed by atoms with van der Waals surface area (Å²) in [7, 11) is 0. The zero-order valence-corrected chi connectivity index (χ0v) is 13.8. The number of nitrogens with zero attached hydrogens (tertiary/aromatic N) is 1. The van der Waals surface area contributed by atoms with Crippen LogP contribution in [0.1, 0.15) is 54.1 Å². The molecule has 0 spiro atoms. The molecule has 0 aliphatic heterocycles. The molecular weight excluding hydrogens is 306 g/mol. The predicted octanol–water partition coefficient (Wildman–Crippen LogP) is 1.65. The summed E-state index contributed by atoms with van der Waals surface area (Å²) in [6, 6.07) is 1.52. The van der Waals surface area contributed by atoms with E-state index in [0.29, 0.717) is 5.56 Å². The van der Waals surface area contributed by atoms with E-state index in [0.717, 1.165) is 0 Å². The van der Waals surface area contributed by atoms with Gasteiger partial charge in [-0.15, -0.1) is 11.6 Å². The number of hydrogen-bond acceptors (Lipinski definition) is 4. The second kappa shape index (κ2) is 6.87. The van der Waals surface area contributed by atoms with Crippen molar-refractivity contribution in [3.05, 3.63) is 29.1 Å². The van der Waals surface area contributed by atoms with Crippen molar-refractivity contribution >= 4 is 29.2 Å². The number of aromatic nitrogens is 1. The topological polar surface area (TPSA) is 102 Å². The molecule has 6 nitrogen and oxygen atoms in total. The molecule has 0 fully saturated rings. The van der Waals surface area contributed by atoms with Crippen molar-refractivity contribution < 1.29 is 14.4 Å². The third-order valence-electron chi connectivity index (χ3n) is 3.73. The number of rotatable bonds is 6. The molecule has 0 saturated heterocycles. The van der Waals surface area contributed by atoms with Gasteiger partial charge in [0.2, 0.25) is 5.91 Å². The smallest absolute Gasteiger partial charge is 0.271 e. The van der Waals surface area contributed by atoms with Gasteiger partial charge < -0.3 is 11.1 Å². The molecule has 1 atom stereocenters. The summed E-state index contributed by atoms with van der Waals surface area (Å²) in [6.07, 6.45) is 1.42. The standard InChI is InChI=1S/C15H20ClN3O3/c1-8(2)15(4,14(17)22)19-13(21)12-11(9(3)20)5-10(6-16)7-18-12/h5,7-8H,6H2,1-4H3,(H2,17,22)(H,19,21). The van der Waals surface area contributed by atoms with E-state index in [4.69, 9.17) is 17.3 Å². The van der Waals surface area contributed by atoms with Crippen LogP contribution >= 0.6 is 11.6 Å². The molecule has 0 saturated carbocycles. The number of nitrogens with one attached hydrogen (secondary N) is 1. The first-order chi connectivity index (χ1) is 10.1. The number of carbonyl (C=O) groups excluding carboxylic acids is 3. The SMILES string of the molecule is CC(=O)c1cc(CCl)cnc1C(=O)NC(C)(C(N)=O)C(C)C. The molecule has 120 valence electrons. The molecule has 2 amide bonds. The Labute approximate surface area is 134 Å². The van der Waals surface area contributed by atoms with Crippen molar-refractivity contribution in [1.82, 2.24) is 10.3 Å². The molecule has 3 N–H and O–H groups in total. The number of ketones is 1. The molecule has 1 rings (SSSR count). The van der Waals surface area contributed by atoms with Crippen molar-refractivity contribution in [2.24, 2.45) is 11.7 Å². The summed E-state index contributed by atoms with van der Waals surface area (Å²) in [5, 5.41) is 2.58. The van der Waals surface area contributed by atoms with Crippen molar-refractivity contribution in [1.29, 1.82) is 0 Å². The fraction of sp³-hybridized carbons (Fsp3) is 0.467. The Morgan fingerprint density at radius 2 is 2.00 bits per heavy atom. The minimum Gasteiger partial charge on any atom is -0.368 e. The van der Waals surface area contributed by atoms with Gasteiger partial charge in [-0.1, -0.05) is 13.8 Å². The molecular formula is C15H20ClN3O3. The fourth-order valence-electron chi connectivity index (χ4n) is 1.82. The van der Waals surface area contributed by atoms with Crippen LogP contribution in [0.25, 0.3) is 0 Å². The summed E-state index contributed by atoms with van der Waals surface area (Å²) in [6.45, 7) is 6.40. The average Bonchev–Trinajstić information content (AvgIpc) is 2.45.